The Hall–Kier alpha value is -1.81. The van der Waals surface area contributed by atoms with Crippen molar-refractivity contribution >= 4 is 23.5 Å². The van der Waals surface area contributed by atoms with Gasteiger partial charge in [-0.1, -0.05) is 25.1 Å². The standard InChI is InChI=1S/C14H15NO2S/c1-3-4-13-15-14(16)12(18-13)9-10-5-7-11(17-2)8-6-10/h4-9H,3H2,1-2H3,(H,15,16)/b12-9+,13-4+. The van der Waals surface area contributed by atoms with Gasteiger partial charge in [-0.3, -0.25) is 4.79 Å². The number of hydrogen-bond acceptors (Lipinski definition) is 3. The molecule has 0 unspecified atom stereocenters. The molecule has 4 heteroatoms. The van der Waals surface area contributed by atoms with Crippen LogP contribution in [-0.2, 0) is 0 Å². The maximum absolute atomic E-state index is 11.7. The van der Waals surface area contributed by atoms with Crippen LogP contribution in [0.15, 0.2) is 29.1 Å². The van der Waals surface area contributed by atoms with E-state index in [0.717, 1.165) is 26.9 Å². The highest BCUT2D eigenvalue weighted by atomic mass is 32.1. The molecular formula is C14H15NO2S. The normalized spacial score (nSPS) is 13.0. The lowest BCUT2D eigenvalue weighted by molar-refractivity contribution is 0.415. The summed E-state index contributed by atoms with van der Waals surface area (Å²) in [5, 5.41) is 0. The molecule has 2 aromatic rings. The summed E-state index contributed by atoms with van der Waals surface area (Å²) in [6.07, 6.45) is 4.81. The highest BCUT2D eigenvalue weighted by molar-refractivity contribution is 7.07. The van der Waals surface area contributed by atoms with Crippen LogP contribution in [0.5, 0.6) is 5.75 Å². The Bertz CT molecular complexity index is 680. The minimum Gasteiger partial charge on any atom is -0.497 e. The number of ether oxygens (including phenoxy) is 1. The van der Waals surface area contributed by atoms with Crippen molar-refractivity contribution in [1.82, 2.24) is 4.98 Å². The molecule has 2 rings (SSSR count). The Morgan fingerprint density at radius 3 is 2.67 bits per heavy atom. The highest BCUT2D eigenvalue weighted by Crippen LogP contribution is 2.11. The van der Waals surface area contributed by atoms with Gasteiger partial charge in [0.05, 0.1) is 16.3 Å². The smallest absolute Gasteiger partial charge is 0.266 e. The van der Waals surface area contributed by atoms with Gasteiger partial charge in [0.2, 0.25) is 0 Å². The molecule has 1 N–H and O–H groups in total. The van der Waals surface area contributed by atoms with E-state index in [0.29, 0.717) is 0 Å². The average molecular weight is 261 g/mol. The zero-order chi connectivity index (χ0) is 13.0. The van der Waals surface area contributed by atoms with E-state index in [9.17, 15) is 4.79 Å². The molecule has 0 spiro atoms. The molecule has 3 nitrogen and oxygen atoms in total. The van der Waals surface area contributed by atoms with Gasteiger partial charge in [0, 0.05) is 0 Å². The van der Waals surface area contributed by atoms with Gasteiger partial charge in [-0.2, -0.15) is 0 Å². The van der Waals surface area contributed by atoms with Crippen molar-refractivity contribution in [3.63, 3.8) is 0 Å². The van der Waals surface area contributed by atoms with Crippen LogP contribution in [0, 0.1) is 0 Å². The molecule has 0 radical (unpaired) electrons. The summed E-state index contributed by atoms with van der Waals surface area (Å²) in [5.41, 5.74) is 0.960. The van der Waals surface area contributed by atoms with Gasteiger partial charge in [-0.05, 0) is 30.2 Å². The predicted molar refractivity (Wildman–Crippen MR) is 75.5 cm³/mol. The molecule has 0 aliphatic heterocycles. The zero-order valence-electron chi connectivity index (χ0n) is 10.4. The second kappa shape index (κ2) is 5.69. The van der Waals surface area contributed by atoms with Gasteiger partial charge in [-0.25, -0.2) is 0 Å². The molecule has 18 heavy (non-hydrogen) atoms. The number of H-pyrrole nitrogens is 1. The van der Waals surface area contributed by atoms with Crippen LogP contribution in [0.3, 0.4) is 0 Å². The summed E-state index contributed by atoms with van der Waals surface area (Å²) in [6, 6.07) is 7.63. The Kier molecular flexibility index (Phi) is 3.99. The summed E-state index contributed by atoms with van der Waals surface area (Å²) in [7, 11) is 1.63. The molecule has 1 heterocycles. The van der Waals surface area contributed by atoms with Crippen molar-refractivity contribution in [3.05, 3.63) is 49.4 Å². The van der Waals surface area contributed by atoms with Crippen molar-refractivity contribution in [2.45, 2.75) is 13.3 Å². The predicted octanol–water partition coefficient (Wildman–Crippen LogP) is 1.46. The van der Waals surface area contributed by atoms with Crippen LogP contribution in [0.1, 0.15) is 18.9 Å². The van der Waals surface area contributed by atoms with Crippen molar-refractivity contribution in [2.24, 2.45) is 0 Å². The molecule has 0 bridgehead atoms. The summed E-state index contributed by atoms with van der Waals surface area (Å²) in [4.78, 5) is 14.6. The van der Waals surface area contributed by atoms with Crippen molar-refractivity contribution in [2.75, 3.05) is 7.11 Å². The first-order chi connectivity index (χ1) is 8.72. The molecule has 0 amide bonds. The lowest BCUT2D eigenvalue weighted by atomic mass is 10.2. The summed E-state index contributed by atoms with van der Waals surface area (Å²) in [5.74, 6) is 0.812. The van der Waals surface area contributed by atoms with Crippen LogP contribution in [-0.4, -0.2) is 12.1 Å². The third kappa shape index (κ3) is 2.90. The number of nitrogens with one attached hydrogen (secondary N) is 1. The maximum Gasteiger partial charge on any atom is 0.266 e. The minimum absolute atomic E-state index is 0.0319. The topological polar surface area (TPSA) is 42.1 Å². The van der Waals surface area contributed by atoms with E-state index in [1.165, 1.54) is 11.3 Å². The van der Waals surface area contributed by atoms with Crippen LogP contribution >= 0.6 is 11.3 Å². The van der Waals surface area contributed by atoms with E-state index in [-0.39, 0.29) is 5.56 Å². The van der Waals surface area contributed by atoms with E-state index in [1.807, 2.05) is 43.3 Å². The van der Waals surface area contributed by atoms with E-state index >= 15 is 0 Å². The Labute approximate surface area is 109 Å². The minimum atomic E-state index is -0.0319. The molecule has 0 aliphatic rings. The molecular weight excluding hydrogens is 246 g/mol. The average Bonchev–Trinajstić information content (AvgIpc) is 2.71. The molecule has 0 saturated carbocycles. The molecule has 0 atom stereocenters. The maximum atomic E-state index is 11.7. The molecule has 1 aromatic heterocycles. The number of methoxy groups -OCH3 is 1. The molecule has 0 fully saturated rings. The third-order valence-electron chi connectivity index (χ3n) is 2.48. The summed E-state index contributed by atoms with van der Waals surface area (Å²) < 4.78 is 6.74. The van der Waals surface area contributed by atoms with Crippen LogP contribution in [0.4, 0.5) is 0 Å². The van der Waals surface area contributed by atoms with E-state index in [4.69, 9.17) is 4.74 Å². The number of benzene rings is 1. The second-order valence-electron chi connectivity index (χ2n) is 3.81. The Balaban J connectivity index is 2.43. The third-order valence-corrected chi connectivity index (χ3v) is 3.50. The quantitative estimate of drug-likeness (QED) is 0.909. The van der Waals surface area contributed by atoms with Crippen LogP contribution in [0.2, 0.25) is 0 Å². The first-order valence-electron chi connectivity index (χ1n) is 5.78. The van der Waals surface area contributed by atoms with Gasteiger partial charge in [-0.15, -0.1) is 11.3 Å². The second-order valence-corrected chi connectivity index (χ2v) is 4.90. The van der Waals surface area contributed by atoms with Crippen molar-refractivity contribution in [3.8, 4) is 5.75 Å². The van der Waals surface area contributed by atoms with Gasteiger partial charge in [0.1, 0.15) is 5.75 Å². The first-order valence-corrected chi connectivity index (χ1v) is 6.59. The van der Waals surface area contributed by atoms with Crippen LogP contribution < -0.4 is 19.5 Å². The van der Waals surface area contributed by atoms with E-state index in [1.54, 1.807) is 7.11 Å². The Morgan fingerprint density at radius 1 is 1.33 bits per heavy atom. The summed E-state index contributed by atoms with van der Waals surface area (Å²) >= 11 is 1.48. The Morgan fingerprint density at radius 2 is 2.06 bits per heavy atom. The fourth-order valence-electron chi connectivity index (χ4n) is 1.59. The fourth-order valence-corrected chi connectivity index (χ4v) is 2.56. The van der Waals surface area contributed by atoms with Gasteiger partial charge in [0.15, 0.2) is 0 Å². The monoisotopic (exact) mass is 261 g/mol. The highest BCUT2D eigenvalue weighted by Gasteiger charge is 1.95. The van der Waals surface area contributed by atoms with Gasteiger partial charge in [0.25, 0.3) is 5.56 Å². The molecule has 0 aliphatic carbocycles. The van der Waals surface area contributed by atoms with Crippen molar-refractivity contribution in [1.29, 1.82) is 0 Å². The number of thiazole rings is 1. The number of aromatic nitrogens is 1. The van der Waals surface area contributed by atoms with Gasteiger partial charge >= 0.3 is 0 Å². The number of hydrogen-bond donors (Lipinski definition) is 1. The molecule has 1 aromatic carbocycles. The number of aromatic amines is 1. The van der Waals surface area contributed by atoms with E-state index in [2.05, 4.69) is 4.98 Å². The SMILES string of the molecule is CC/C=c1\[nH]c(=O)/c(=C\c2ccc(OC)cc2)s1. The lowest BCUT2D eigenvalue weighted by Crippen LogP contribution is -2.19. The number of rotatable bonds is 3. The van der Waals surface area contributed by atoms with Crippen molar-refractivity contribution < 1.29 is 4.74 Å². The summed E-state index contributed by atoms with van der Waals surface area (Å²) in [6.45, 7) is 2.05. The molecule has 0 saturated heterocycles. The lowest BCUT2D eigenvalue weighted by Gasteiger charge is -1.98. The zero-order valence-corrected chi connectivity index (χ0v) is 11.2. The van der Waals surface area contributed by atoms with E-state index < -0.39 is 0 Å². The van der Waals surface area contributed by atoms with Gasteiger partial charge < -0.3 is 9.72 Å². The fraction of sp³-hybridized carbons (Fsp3) is 0.214. The largest absolute Gasteiger partial charge is 0.497 e. The first kappa shape index (κ1) is 12.6. The van der Waals surface area contributed by atoms with Crippen LogP contribution in [0.25, 0.3) is 12.2 Å². The molecule has 94 valence electrons.